The molecule has 0 bridgehead atoms. The number of aliphatic hydroxyl groups is 3. The highest BCUT2D eigenvalue weighted by Crippen LogP contribution is 2.21. The number of nitrogens with zero attached hydrogens (tertiary/aromatic N) is 3. The third kappa shape index (κ3) is 1.97. The maximum absolute atomic E-state index is 9.90. The summed E-state index contributed by atoms with van der Waals surface area (Å²) in [7, 11) is 0. The van der Waals surface area contributed by atoms with Crippen LogP contribution in [-0.4, -0.2) is 54.8 Å². The van der Waals surface area contributed by atoms with Crippen LogP contribution in [-0.2, 0) is 0 Å². The summed E-state index contributed by atoms with van der Waals surface area (Å²) in [5.74, 6) is 0. The zero-order chi connectivity index (χ0) is 13.4. The Kier molecular flexibility index (Phi) is 2.94. The lowest BCUT2D eigenvalue weighted by Gasteiger charge is -2.20. The van der Waals surface area contributed by atoms with Gasteiger partial charge in [-0.1, -0.05) is 6.08 Å². The van der Waals surface area contributed by atoms with E-state index in [-0.39, 0.29) is 6.61 Å². The van der Waals surface area contributed by atoms with E-state index in [1.165, 1.54) is 0 Å². The first-order chi connectivity index (χ1) is 9.20. The zero-order valence-corrected chi connectivity index (χ0v) is 10.0. The van der Waals surface area contributed by atoms with Crippen LogP contribution in [0.4, 0.5) is 0 Å². The molecule has 1 aliphatic carbocycles. The zero-order valence-electron chi connectivity index (χ0n) is 10.0. The number of hydrogen-bond donors (Lipinski definition) is 4. The fraction of sp³-hybridized carbons (Fsp3) is 0.333. The number of fused-ring (bicyclic) bond motifs is 1. The lowest BCUT2D eigenvalue weighted by molar-refractivity contribution is 0.0431. The highest BCUT2D eigenvalue weighted by molar-refractivity contribution is 5.74. The lowest BCUT2D eigenvalue weighted by atomic mass is 10.1. The number of rotatable bonds is 3. The number of aliphatic hydroxyl groups excluding tert-OH is 3. The highest BCUT2D eigenvalue weighted by atomic mass is 16.3. The molecule has 0 aromatic carbocycles. The second kappa shape index (κ2) is 4.61. The Balaban J connectivity index is 1.88. The summed E-state index contributed by atoms with van der Waals surface area (Å²) in [4.78, 5) is 8.21. The van der Waals surface area contributed by atoms with Gasteiger partial charge in [-0.2, -0.15) is 0 Å². The molecule has 0 aliphatic heterocycles. The van der Waals surface area contributed by atoms with Crippen LogP contribution >= 0.6 is 0 Å². The van der Waals surface area contributed by atoms with Gasteiger partial charge in [0.05, 0.1) is 24.4 Å². The van der Waals surface area contributed by atoms with Gasteiger partial charge in [0, 0.05) is 6.20 Å². The molecule has 2 aromatic heterocycles. The van der Waals surface area contributed by atoms with Crippen LogP contribution in [0, 0.1) is 0 Å². The van der Waals surface area contributed by atoms with Crippen molar-refractivity contribution in [2.45, 2.75) is 18.2 Å². The van der Waals surface area contributed by atoms with E-state index in [0.717, 1.165) is 11.0 Å². The summed E-state index contributed by atoms with van der Waals surface area (Å²) in [5, 5.41) is 28.7. The van der Waals surface area contributed by atoms with Gasteiger partial charge in [0.2, 0.25) is 0 Å². The number of hydrogen-bond acceptors (Lipinski definition) is 6. The smallest absolute Gasteiger partial charge is 0.115 e. The average molecular weight is 262 g/mol. The van der Waals surface area contributed by atoms with Gasteiger partial charge in [0.1, 0.15) is 24.1 Å². The number of aromatic nitrogens is 3. The van der Waals surface area contributed by atoms with Gasteiger partial charge in [0.15, 0.2) is 0 Å². The first-order valence-corrected chi connectivity index (χ1v) is 5.92. The molecule has 0 radical (unpaired) electrons. The van der Waals surface area contributed by atoms with Crippen LogP contribution < -0.4 is 5.43 Å². The Morgan fingerprint density at radius 1 is 1.37 bits per heavy atom. The third-order valence-electron chi connectivity index (χ3n) is 3.29. The predicted octanol–water partition coefficient (Wildman–Crippen LogP) is -1.00. The van der Waals surface area contributed by atoms with Crippen LogP contribution in [0.2, 0.25) is 0 Å². The Bertz CT molecular complexity index is 624. The standard InChI is InChI=1S/C12H14N4O3/c17-5-7-3-9(12(19)11(7)18)15-16-6-14-8-1-2-13-4-10(8)16/h1-4,6,9,11-12,15,17-19H,5H2/t9-,11-,12+/m1/s1. The van der Waals surface area contributed by atoms with E-state index in [0.29, 0.717) is 5.57 Å². The van der Waals surface area contributed by atoms with Crippen molar-refractivity contribution in [3.8, 4) is 0 Å². The first kappa shape index (κ1) is 12.1. The lowest BCUT2D eigenvalue weighted by Crippen LogP contribution is -2.39. The van der Waals surface area contributed by atoms with Crippen molar-refractivity contribution in [1.82, 2.24) is 14.6 Å². The number of imidazole rings is 1. The van der Waals surface area contributed by atoms with E-state index in [1.807, 2.05) is 0 Å². The average Bonchev–Trinajstić information content (AvgIpc) is 2.96. The molecule has 1 aliphatic rings. The van der Waals surface area contributed by atoms with Crippen LogP contribution in [0.1, 0.15) is 0 Å². The van der Waals surface area contributed by atoms with E-state index in [1.54, 1.807) is 35.5 Å². The van der Waals surface area contributed by atoms with Crippen LogP contribution in [0.5, 0.6) is 0 Å². The molecule has 0 fully saturated rings. The maximum Gasteiger partial charge on any atom is 0.115 e. The Labute approximate surface area is 108 Å². The van der Waals surface area contributed by atoms with Gasteiger partial charge in [-0.05, 0) is 11.6 Å². The molecule has 3 rings (SSSR count). The normalized spacial score (nSPS) is 26.7. The Morgan fingerprint density at radius 2 is 2.21 bits per heavy atom. The third-order valence-corrected chi connectivity index (χ3v) is 3.29. The van der Waals surface area contributed by atoms with Crippen molar-refractivity contribution in [3.05, 3.63) is 36.4 Å². The largest absolute Gasteiger partial charge is 0.392 e. The van der Waals surface area contributed by atoms with E-state index in [2.05, 4.69) is 15.4 Å². The van der Waals surface area contributed by atoms with Crippen molar-refractivity contribution in [3.63, 3.8) is 0 Å². The molecule has 0 spiro atoms. The number of nitrogens with one attached hydrogen (secondary N) is 1. The monoisotopic (exact) mass is 262 g/mol. The molecule has 0 unspecified atom stereocenters. The molecular formula is C12H14N4O3. The van der Waals surface area contributed by atoms with Crippen LogP contribution in [0.3, 0.4) is 0 Å². The Hall–Kier alpha value is -1.96. The summed E-state index contributed by atoms with van der Waals surface area (Å²) in [6, 6.07) is 1.29. The van der Waals surface area contributed by atoms with Crippen molar-refractivity contribution >= 4 is 11.0 Å². The molecular weight excluding hydrogens is 248 g/mol. The van der Waals surface area contributed by atoms with Crippen molar-refractivity contribution in [1.29, 1.82) is 0 Å². The minimum atomic E-state index is -1.05. The molecule has 100 valence electrons. The molecule has 7 heteroatoms. The quantitative estimate of drug-likeness (QED) is 0.529. The van der Waals surface area contributed by atoms with Crippen molar-refractivity contribution in [2.24, 2.45) is 0 Å². The summed E-state index contributed by atoms with van der Waals surface area (Å²) in [5.41, 5.74) is 4.99. The Morgan fingerprint density at radius 3 is 2.95 bits per heavy atom. The molecule has 7 nitrogen and oxygen atoms in total. The second-order valence-corrected chi connectivity index (χ2v) is 4.47. The van der Waals surface area contributed by atoms with Crippen molar-refractivity contribution < 1.29 is 15.3 Å². The van der Waals surface area contributed by atoms with Crippen LogP contribution in [0.15, 0.2) is 36.4 Å². The summed E-state index contributed by atoms with van der Waals surface area (Å²) < 4.78 is 1.64. The van der Waals surface area contributed by atoms with Gasteiger partial charge in [-0.15, -0.1) is 0 Å². The van der Waals surface area contributed by atoms with E-state index in [9.17, 15) is 10.2 Å². The molecule has 2 heterocycles. The SMILES string of the molecule is OCC1=C[C@@H](Nn2cnc3ccncc32)[C@H](O)[C@@H]1O. The van der Waals surface area contributed by atoms with Gasteiger partial charge in [-0.25, -0.2) is 9.66 Å². The fourth-order valence-corrected chi connectivity index (χ4v) is 2.22. The molecule has 4 N–H and O–H groups in total. The number of pyridine rings is 1. The van der Waals surface area contributed by atoms with E-state index in [4.69, 9.17) is 5.11 Å². The molecule has 2 aromatic rings. The van der Waals surface area contributed by atoms with E-state index >= 15 is 0 Å². The van der Waals surface area contributed by atoms with Gasteiger partial charge < -0.3 is 20.7 Å². The summed E-state index contributed by atoms with van der Waals surface area (Å²) in [6.45, 7) is -0.275. The van der Waals surface area contributed by atoms with Gasteiger partial charge in [0.25, 0.3) is 0 Å². The van der Waals surface area contributed by atoms with E-state index < -0.39 is 18.2 Å². The molecule has 3 atom stereocenters. The second-order valence-electron chi connectivity index (χ2n) is 4.47. The first-order valence-electron chi connectivity index (χ1n) is 5.92. The summed E-state index contributed by atoms with van der Waals surface area (Å²) in [6.07, 6.45) is 4.46. The van der Waals surface area contributed by atoms with Gasteiger partial charge in [-0.3, -0.25) is 4.98 Å². The fourth-order valence-electron chi connectivity index (χ4n) is 2.22. The summed E-state index contributed by atoms with van der Waals surface area (Å²) >= 11 is 0. The molecule has 0 saturated heterocycles. The topological polar surface area (TPSA) is 103 Å². The highest BCUT2D eigenvalue weighted by Gasteiger charge is 2.34. The molecule has 19 heavy (non-hydrogen) atoms. The maximum atomic E-state index is 9.90. The minimum absolute atomic E-state index is 0.275. The molecule has 0 saturated carbocycles. The van der Waals surface area contributed by atoms with Gasteiger partial charge >= 0.3 is 0 Å². The minimum Gasteiger partial charge on any atom is -0.392 e. The van der Waals surface area contributed by atoms with Crippen molar-refractivity contribution in [2.75, 3.05) is 12.0 Å². The molecule has 0 amide bonds. The predicted molar refractivity (Wildman–Crippen MR) is 67.9 cm³/mol. The van der Waals surface area contributed by atoms with Crippen LogP contribution in [0.25, 0.3) is 11.0 Å².